The van der Waals surface area contributed by atoms with Gasteiger partial charge in [-0.3, -0.25) is 4.79 Å². The van der Waals surface area contributed by atoms with Gasteiger partial charge in [-0.05, 0) is 30.9 Å². The summed E-state index contributed by atoms with van der Waals surface area (Å²) in [6.07, 6.45) is 1.53. The van der Waals surface area contributed by atoms with Gasteiger partial charge < -0.3 is 20.5 Å². The van der Waals surface area contributed by atoms with Crippen LogP contribution in [0.2, 0.25) is 0 Å². The molecule has 1 aliphatic rings. The number of guanidine groups is 1. The minimum atomic E-state index is 0.226. The molecule has 0 aliphatic carbocycles. The fraction of sp³-hybridized carbons (Fsp3) is 0.474. The van der Waals surface area contributed by atoms with E-state index in [-0.39, 0.29) is 11.9 Å². The fourth-order valence-electron chi connectivity index (χ4n) is 3.22. The molecule has 1 unspecified atom stereocenters. The van der Waals surface area contributed by atoms with Gasteiger partial charge in [0.2, 0.25) is 5.91 Å². The average molecular weight is 341 g/mol. The lowest BCUT2D eigenvalue weighted by atomic mass is 10.2. The highest BCUT2D eigenvalue weighted by molar-refractivity contribution is 5.82. The molecule has 2 aromatic rings. The molecule has 0 spiro atoms. The average Bonchev–Trinajstić information content (AvgIpc) is 3.25. The summed E-state index contributed by atoms with van der Waals surface area (Å²) in [5, 5.41) is 7.96. The van der Waals surface area contributed by atoms with Crippen LogP contribution in [-0.2, 0) is 11.3 Å². The van der Waals surface area contributed by atoms with E-state index in [9.17, 15) is 4.79 Å². The van der Waals surface area contributed by atoms with Crippen LogP contribution in [0.15, 0.2) is 35.3 Å². The molecule has 6 heteroatoms. The minimum absolute atomic E-state index is 0.226. The van der Waals surface area contributed by atoms with Crippen molar-refractivity contribution < 1.29 is 4.79 Å². The number of hydrogen-bond acceptors (Lipinski definition) is 2. The lowest BCUT2D eigenvalue weighted by Gasteiger charge is -2.18. The molecule has 2 heterocycles. The Balaban J connectivity index is 1.62. The second-order valence-electron chi connectivity index (χ2n) is 6.40. The number of hydrogen-bond donors (Lipinski definition) is 3. The Labute approximate surface area is 148 Å². The number of nitrogens with zero attached hydrogens (tertiary/aromatic N) is 2. The van der Waals surface area contributed by atoms with Crippen LogP contribution in [0.25, 0.3) is 10.9 Å². The summed E-state index contributed by atoms with van der Waals surface area (Å²) in [6, 6.07) is 10.6. The number of para-hydroxylation sites is 1. The van der Waals surface area contributed by atoms with Gasteiger partial charge in [-0.2, -0.15) is 0 Å². The second kappa shape index (κ2) is 8.05. The van der Waals surface area contributed by atoms with Gasteiger partial charge in [0.05, 0.1) is 6.54 Å². The van der Waals surface area contributed by atoms with Crippen molar-refractivity contribution in [3.8, 4) is 0 Å². The van der Waals surface area contributed by atoms with Gasteiger partial charge in [-0.25, -0.2) is 4.99 Å². The van der Waals surface area contributed by atoms with Crippen molar-refractivity contribution in [2.45, 2.75) is 39.3 Å². The molecule has 1 atom stereocenters. The molecule has 134 valence electrons. The topological polar surface area (TPSA) is 72.5 Å². The molecule has 3 rings (SSSR count). The van der Waals surface area contributed by atoms with Crippen molar-refractivity contribution in [3.63, 3.8) is 0 Å². The summed E-state index contributed by atoms with van der Waals surface area (Å²) in [5.41, 5.74) is 2.22. The van der Waals surface area contributed by atoms with Gasteiger partial charge in [-0.15, -0.1) is 0 Å². The number of benzene rings is 1. The number of rotatable bonds is 5. The number of aliphatic imine (C=N–C) groups is 1. The molecule has 1 amide bonds. The molecule has 1 fully saturated rings. The molecular weight excluding hydrogens is 314 g/mol. The van der Waals surface area contributed by atoms with Crippen LogP contribution in [0, 0.1) is 0 Å². The normalized spacial score (nSPS) is 17.9. The number of amides is 1. The number of carbonyl (C=O) groups is 1. The number of likely N-dealkylation sites (tertiary alicyclic amines) is 1. The zero-order valence-corrected chi connectivity index (χ0v) is 15.0. The molecule has 3 N–H and O–H groups in total. The summed E-state index contributed by atoms with van der Waals surface area (Å²) in [5.74, 6) is 1.03. The smallest absolute Gasteiger partial charge is 0.222 e. The van der Waals surface area contributed by atoms with E-state index in [0.717, 1.165) is 43.2 Å². The molecule has 0 saturated carbocycles. The first kappa shape index (κ1) is 17.3. The van der Waals surface area contributed by atoms with E-state index in [1.807, 2.05) is 24.0 Å². The van der Waals surface area contributed by atoms with Gasteiger partial charge in [0.25, 0.3) is 0 Å². The van der Waals surface area contributed by atoms with Crippen molar-refractivity contribution in [2.75, 3.05) is 19.6 Å². The molecule has 1 saturated heterocycles. The zero-order chi connectivity index (χ0) is 17.6. The lowest BCUT2D eigenvalue weighted by molar-refractivity contribution is -0.129. The largest absolute Gasteiger partial charge is 0.357 e. The highest BCUT2D eigenvalue weighted by atomic mass is 16.2. The molecule has 0 radical (unpaired) electrons. The number of carbonyl (C=O) groups excluding carboxylic acids is 1. The van der Waals surface area contributed by atoms with Crippen molar-refractivity contribution in [1.82, 2.24) is 20.5 Å². The number of nitrogens with one attached hydrogen (secondary N) is 3. The maximum Gasteiger partial charge on any atom is 0.222 e. The summed E-state index contributed by atoms with van der Waals surface area (Å²) in [4.78, 5) is 21.8. The monoisotopic (exact) mass is 341 g/mol. The van der Waals surface area contributed by atoms with Crippen molar-refractivity contribution in [1.29, 1.82) is 0 Å². The number of fused-ring (bicyclic) bond motifs is 1. The maximum atomic E-state index is 11.8. The standard InChI is InChI=1S/C19H27N5O/c1-3-18(25)24-10-9-15(13-24)23-19(20-4-2)21-12-16-11-14-7-5-6-8-17(14)22-16/h5-8,11,15,22H,3-4,9-10,12-13H2,1-2H3,(H2,20,21,23). The Morgan fingerprint density at radius 1 is 1.36 bits per heavy atom. The SMILES string of the molecule is CCNC(=NCc1cc2ccccc2[nH]1)NC1CCN(C(=O)CC)C1. The van der Waals surface area contributed by atoms with Crippen LogP contribution in [0.5, 0.6) is 0 Å². The van der Waals surface area contributed by atoms with E-state index in [2.05, 4.69) is 40.7 Å². The zero-order valence-electron chi connectivity index (χ0n) is 15.0. The summed E-state index contributed by atoms with van der Waals surface area (Å²) < 4.78 is 0. The molecule has 25 heavy (non-hydrogen) atoms. The third-order valence-corrected chi connectivity index (χ3v) is 4.52. The van der Waals surface area contributed by atoms with Crippen LogP contribution in [0.1, 0.15) is 32.4 Å². The van der Waals surface area contributed by atoms with E-state index in [0.29, 0.717) is 13.0 Å². The van der Waals surface area contributed by atoms with Crippen molar-refractivity contribution in [2.24, 2.45) is 4.99 Å². The van der Waals surface area contributed by atoms with E-state index >= 15 is 0 Å². The summed E-state index contributed by atoms with van der Waals surface area (Å²) in [6.45, 7) is 6.95. The number of aromatic nitrogens is 1. The van der Waals surface area contributed by atoms with Crippen LogP contribution in [-0.4, -0.2) is 47.4 Å². The highest BCUT2D eigenvalue weighted by Gasteiger charge is 2.25. The first-order valence-corrected chi connectivity index (χ1v) is 9.08. The highest BCUT2D eigenvalue weighted by Crippen LogP contribution is 2.15. The lowest BCUT2D eigenvalue weighted by Crippen LogP contribution is -2.45. The second-order valence-corrected chi connectivity index (χ2v) is 6.40. The molecule has 6 nitrogen and oxygen atoms in total. The fourth-order valence-corrected chi connectivity index (χ4v) is 3.22. The minimum Gasteiger partial charge on any atom is -0.357 e. The third-order valence-electron chi connectivity index (χ3n) is 4.52. The van der Waals surface area contributed by atoms with E-state index in [1.54, 1.807) is 0 Å². The Morgan fingerprint density at radius 2 is 2.20 bits per heavy atom. The first-order valence-electron chi connectivity index (χ1n) is 9.08. The number of H-pyrrole nitrogens is 1. The van der Waals surface area contributed by atoms with Gasteiger partial charge >= 0.3 is 0 Å². The molecule has 1 aromatic heterocycles. The Bertz CT molecular complexity index is 718. The first-order chi connectivity index (χ1) is 12.2. The van der Waals surface area contributed by atoms with Crippen LogP contribution in [0.3, 0.4) is 0 Å². The Hall–Kier alpha value is -2.50. The Morgan fingerprint density at radius 3 is 2.96 bits per heavy atom. The van der Waals surface area contributed by atoms with Gasteiger partial charge in [0.15, 0.2) is 5.96 Å². The molecular formula is C19H27N5O. The Kier molecular flexibility index (Phi) is 5.58. The molecule has 1 aliphatic heterocycles. The predicted octanol–water partition coefficient (Wildman–Crippen LogP) is 2.23. The van der Waals surface area contributed by atoms with Gasteiger partial charge in [-0.1, -0.05) is 25.1 Å². The summed E-state index contributed by atoms with van der Waals surface area (Å²) >= 11 is 0. The third kappa shape index (κ3) is 4.32. The van der Waals surface area contributed by atoms with Crippen LogP contribution < -0.4 is 10.6 Å². The van der Waals surface area contributed by atoms with Crippen molar-refractivity contribution in [3.05, 3.63) is 36.0 Å². The van der Waals surface area contributed by atoms with E-state index in [4.69, 9.17) is 4.99 Å². The molecule has 0 bridgehead atoms. The van der Waals surface area contributed by atoms with Crippen molar-refractivity contribution >= 4 is 22.8 Å². The molecule has 1 aromatic carbocycles. The van der Waals surface area contributed by atoms with Gasteiger partial charge in [0.1, 0.15) is 0 Å². The van der Waals surface area contributed by atoms with Crippen LogP contribution in [0.4, 0.5) is 0 Å². The predicted molar refractivity (Wildman–Crippen MR) is 102 cm³/mol. The quantitative estimate of drug-likeness (QED) is 0.577. The van der Waals surface area contributed by atoms with E-state index < -0.39 is 0 Å². The van der Waals surface area contributed by atoms with E-state index in [1.165, 1.54) is 5.39 Å². The van der Waals surface area contributed by atoms with Crippen LogP contribution >= 0.6 is 0 Å². The summed E-state index contributed by atoms with van der Waals surface area (Å²) in [7, 11) is 0. The maximum absolute atomic E-state index is 11.8. The van der Waals surface area contributed by atoms with Gasteiger partial charge in [0, 0.05) is 43.3 Å². The number of aromatic amines is 1.